The predicted octanol–water partition coefficient (Wildman–Crippen LogP) is 3.02. The Morgan fingerprint density at radius 2 is 1.92 bits per heavy atom. The van der Waals surface area contributed by atoms with Gasteiger partial charge in [0.1, 0.15) is 5.75 Å². The maximum Gasteiger partial charge on any atom is 0.262 e. The number of likely N-dealkylation sites (N-methyl/N-ethyl adjacent to an activating group) is 1. The van der Waals surface area contributed by atoms with E-state index in [4.69, 9.17) is 9.47 Å². The molecule has 1 fully saturated rings. The van der Waals surface area contributed by atoms with E-state index in [1.165, 1.54) is 0 Å². The molecule has 25 heavy (non-hydrogen) atoms. The fourth-order valence-electron chi connectivity index (χ4n) is 2.74. The molecular formula is C20H24N2O3. The number of anilines is 1. The normalized spacial score (nSPS) is 17.9. The van der Waals surface area contributed by atoms with Gasteiger partial charge in [-0.2, -0.15) is 0 Å². The van der Waals surface area contributed by atoms with Gasteiger partial charge in [0.05, 0.1) is 12.7 Å². The van der Waals surface area contributed by atoms with E-state index in [0.717, 1.165) is 36.5 Å². The Morgan fingerprint density at radius 1 is 1.20 bits per heavy atom. The lowest BCUT2D eigenvalue weighted by atomic mass is 10.1. The van der Waals surface area contributed by atoms with Gasteiger partial charge in [0.15, 0.2) is 6.61 Å². The van der Waals surface area contributed by atoms with Crippen LogP contribution < -0.4 is 10.1 Å². The molecule has 1 saturated heterocycles. The minimum absolute atomic E-state index is 0.0126. The minimum atomic E-state index is -0.179. The fraction of sp³-hybridized carbons (Fsp3) is 0.350. The molecule has 0 bridgehead atoms. The Hall–Kier alpha value is -2.37. The number of nitrogens with one attached hydrogen (secondary N) is 1. The number of hydrogen-bond acceptors (Lipinski definition) is 4. The summed E-state index contributed by atoms with van der Waals surface area (Å²) < 4.78 is 11.3. The number of nitrogens with zero attached hydrogens (tertiary/aromatic N) is 1. The highest BCUT2D eigenvalue weighted by Gasteiger charge is 2.19. The van der Waals surface area contributed by atoms with Crippen molar-refractivity contribution in [3.05, 3.63) is 59.7 Å². The number of rotatable bonds is 5. The molecule has 5 heteroatoms. The molecule has 1 unspecified atom stereocenters. The van der Waals surface area contributed by atoms with E-state index >= 15 is 0 Å². The molecule has 1 aliphatic rings. The summed E-state index contributed by atoms with van der Waals surface area (Å²) in [7, 11) is 2.10. The Morgan fingerprint density at radius 3 is 2.60 bits per heavy atom. The number of benzene rings is 2. The van der Waals surface area contributed by atoms with E-state index in [-0.39, 0.29) is 18.6 Å². The highest BCUT2D eigenvalue weighted by molar-refractivity contribution is 5.91. The van der Waals surface area contributed by atoms with Crippen LogP contribution in [0, 0.1) is 6.92 Å². The Kier molecular flexibility index (Phi) is 5.68. The highest BCUT2D eigenvalue weighted by atomic mass is 16.5. The molecule has 0 spiro atoms. The molecule has 1 heterocycles. The third-order valence-electron chi connectivity index (χ3n) is 4.23. The first-order valence-corrected chi connectivity index (χ1v) is 8.49. The lowest BCUT2D eigenvalue weighted by Gasteiger charge is -2.30. The van der Waals surface area contributed by atoms with Gasteiger partial charge in [-0.25, -0.2) is 0 Å². The summed E-state index contributed by atoms with van der Waals surface area (Å²) in [6.45, 7) is 4.59. The monoisotopic (exact) mass is 340 g/mol. The number of carbonyl (C=O) groups excluding carboxylic acids is 1. The van der Waals surface area contributed by atoms with Crippen molar-refractivity contribution in [3.63, 3.8) is 0 Å². The summed E-state index contributed by atoms with van der Waals surface area (Å²) in [5.41, 5.74) is 3.04. The van der Waals surface area contributed by atoms with Crippen LogP contribution in [0.5, 0.6) is 5.75 Å². The zero-order valence-electron chi connectivity index (χ0n) is 14.7. The van der Waals surface area contributed by atoms with Gasteiger partial charge in [-0.3, -0.25) is 4.79 Å². The number of carbonyl (C=O) groups is 1. The average Bonchev–Trinajstić information content (AvgIpc) is 2.62. The zero-order chi connectivity index (χ0) is 17.6. The standard InChI is InChI=1S/C20H24N2O3/c1-15-3-9-18(10-4-15)25-14-20(23)21-17-7-5-16(6-8-17)19-13-22(2)11-12-24-19/h3-10,19H,11-14H2,1-2H3,(H,21,23). The minimum Gasteiger partial charge on any atom is -0.484 e. The summed E-state index contributed by atoms with van der Waals surface area (Å²) in [6, 6.07) is 15.4. The molecule has 0 saturated carbocycles. The van der Waals surface area contributed by atoms with E-state index in [0.29, 0.717) is 5.75 Å². The molecule has 0 aromatic heterocycles. The van der Waals surface area contributed by atoms with E-state index < -0.39 is 0 Å². The van der Waals surface area contributed by atoms with Crippen LogP contribution in [0.3, 0.4) is 0 Å². The van der Waals surface area contributed by atoms with Crippen molar-refractivity contribution in [3.8, 4) is 5.75 Å². The highest BCUT2D eigenvalue weighted by Crippen LogP contribution is 2.23. The van der Waals surface area contributed by atoms with Crippen LogP contribution in [0.25, 0.3) is 0 Å². The number of hydrogen-bond donors (Lipinski definition) is 1. The van der Waals surface area contributed by atoms with Gasteiger partial charge in [0, 0.05) is 18.8 Å². The molecule has 2 aromatic carbocycles. The predicted molar refractivity (Wildman–Crippen MR) is 97.9 cm³/mol. The summed E-state index contributed by atoms with van der Waals surface area (Å²) in [5, 5.41) is 2.85. The number of morpholine rings is 1. The van der Waals surface area contributed by atoms with Gasteiger partial charge in [0.25, 0.3) is 5.91 Å². The van der Waals surface area contributed by atoms with Gasteiger partial charge in [-0.1, -0.05) is 29.8 Å². The number of aryl methyl sites for hydroxylation is 1. The van der Waals surface area contributed by atoms with Gasteiger partial charge in [-0.15, -0.1) is 0 Å². The Bertz CT molecular complexity index is 698. The SMILES string of the molecule is Cc1ccc(OCC(=O)Nc2ccc(C3CN(C)CCO3)cc2)cc1. The second-order valence-corrected chi connectivity index (χ2v) is 6.39. The molecule has 1 aliphatic heterocycles. The Labute approximate surface area is 148 Å². The van der Waals surface area contributed by atoms with Crippen molar-refractivity contribution in [2.24, 2.45) is 0 Å². The molecule has 132 valence electrons. The smallest absolute Gasteiger partial charge is 0.262 e. The summed E-state index contributed by atoms with van der Waals surface area (Å²) in [6.07, 6.45) is 0.0911. The van der Waals surface area contributed by atoms with Crippen LogP contribution in [-0.4, -0.2) is 44.2 Å². The third-order valence-corrected chi connectivity index (χ3v) is 4.23. The van der Waals surface area contributed by atoms with Crippen LogP contribution in [0.2, 0.25) is 0 Å². The topological polar surface area (TPSA) is 50.8 Å². The van der Waals surface area contributed by atoms with E-state index in [2.05, 4.69) is 17.3 Å². The summed E-state index contributed by atoms with van der Waals surface area (Å²) in [4.78, 5) is 14.3. The van der Waals surface area contributed by atoms with E-state index in [1.807, 2.05) is 55.5 Å². The van der Waals surface area contributed by atoms with Crippen molar-refractivity contribution < 1.29 is 14.3 Å². The van der Waals surface area contributed by atoms with Crippen LogP contribution in [0.4, 0.5) is 5.69 Å². The molecule has 1 atom stereocenters. The summed E-state index contributed by atoms with van der Waals surface area (Å²) in [5.74, 6) is 0.511. The van der Waals surface area contributed by atoms with Crippen molar-refractivity contribution in [1.82, 2.24) is 4.90 Å². The van der Waals surface area contributed by atoms with Crippen molar-refractivity contribution >= 4 is 11.6 Å². The second-order valence-electron chi connectivity index (χ2n) is 6.39. The third kappa shape index (κ3) is 5.05. The molecule has 1 amide bonds. The first-order chi connectivity index (χ1) is 12.1. The van der Waals surface area contributed by atoms with Crippen molar-refractivity contribution in [2.45, 2.75) is 13.0 Å². The van der Waals surface area contributed by atoms with Crippen molar-refractivity contribution in [2.75, 3.05) is 38.7 Å². The summed E-state index contributed by atoms with van der Waals surface area (Å²) >= 11 is 0. The molecule has 5 nitrogen and oxygen atoms in total. The van der Waals surface area contributed by atoms with Gasteiger partial charge in [0.2, 0.25) is 0 Å². The largest absolute Gasteiger partial charge is 0.484 e. The average molecular weight is 340 g/mol. The second kappa shape index (κ2) is 8.14. The molecule has 0 aliphatic carbocycles. The van der Waals surface area contributed by atoms with Gasteiger partial charge >= 0.3 is 0 Å². The quantitative estimate of drug-likeness (QED) is 0.909. The van der Waals surface area contributed by atoms with Crippen molar-refractivity contribution in [1.29, 1.82) is 0 Å². The first kappa shape index (κ1) is 17.5. The van der Waals surface area contributed by atoms with Crippen LogP contribution in [-0.2, 0) is 9.53 Å². The van der Waals surface area contributed by atoms with E-state index in [1.54, 1.807) is 0 Å². The van der Waals surface area contributed by atoms with Gasteiger partial charge < -0.3 is 19.7 Å². The molecule has 3 rings (SSSR count). The lowest BCUT2D eigenvalue weighted by molar-refractivity contribution is -0.118. The lowest BCUT2D eigenvalue weighted by Crippen LogP contribution is -2.35. The van der Waals surface area contributed by atoms with Crippen LogP contribution in [0.15, 0.2) is 48.5 Å². The Balaban J connectivity index is 1.50. The van der Waals surface area contributed by atoms with Gasteiger partial charge in [-0.05, 0) is 43.8 Å². The number of ether oxygens (including phenoxy) is 2. The molecular weight excluding hydrogens is 316 g/mol. The molecule has 2 aromatic rings. The van der Waals surface area contributed by atoms with E-state index in [9.17, 15) is 4.79 Å². The first-order valence-electron chi connectivity index (χ1n) is 8.49. The van der Waals surface area contributed by atoms with Crippen LogP contribution in [0.1, 0.15) is 17.2 Å². The number of amides is 1. The molecule has 0 radical (unpaired) electrons. The van der Waals surface area contributed by atoms with Crippen LogP contribution >= 0.6 is 0 Å². The maximum absolute atomic E-state index is 12.0. The fourth-order valence-corrected chi connectivity index (χ4v) is 2.74. The molecule has 1 N–H and O–H groups in total. The maximum atomic E-state index is 12.0. The zero-order valence-corrected chi connectivity index (χ0v) is 14.7.